The molecule has 2 aliphatic heterocycles. The van der Waals surface area contributed by atoms with Crippen LogP contribution >= 0.6 is 0 Å². The van der Waals surface area contributed by atoms with Crippen molar-refractivity contribution in [2.75, 3.05) is 18.4 Å². The Kier molecular flexibility index (Phi) is 3.61. The van der Waals surface area contributed by atoms with Gasteiger partial charge in [-0.05, 0) is 62.9 Å². The van der Waals surface area contributed by atoms with Crippen molar-refractivity contribution in [2.45, 2.75) is 44.2 Å². The van der Waals surface area contributed by atoms with Crippen molar-refractivity contribution in [3.8, 4) is 0 Å². The molecule has 0 amide bonds. The zero-order chi connectivity index (χ0) is 15.0. The number of aliphatic carboxylic acids is 1. The standard InChI is InChI=1S/C16H21FN2O2/c1-11-7-12(17)9-13(8-11)18-16(15(20)21)4-6-19-5-2-3-14(19)10-16/h7-9,14,18H,2-6,10H2,1H3,(H,20,21). The van der Waals surface area contributed by atoms with Crippen molar-refractivity contribution in [1.82, 2.24) is 4.90 Å². The summed E-state index contributed by atoms with van der Waals surface area (Å²) >= 11 is 0. The normalized spacial score (nSPS) is 29.1. The van der Waals surface area contributed by atoms with Gasteiger partial charge in [0, 0.05) is 18.3 Å². The van der Waals surface area contributed by atoms with Gasteiger partial charge in [0.2, 0.25) is 0 Å². The molecule has 1 aromatic rings. The Labute approximate surface area is 124 Å². The predicted molar refractivity (Wildman–Crippen MR) is 79.0 cm³/mol. The Balaban J connectivity index is 1.86. The molecule has 0 aromatic heterocycles. The maximum atomic E-state index is 13.5. The zero-order valence-corrected chi connectivity index (χ0v) is 12.2. The van der Waals surface area contributed by atoms with E-state index >= 15 is 0 Å². The summed E-state index contributed by atoms with van der Waals surface area (Å²) in [6.45, 7) is 3.67. The van der Waals surface area contributed by atoms with Crippen LogP contribution < -0.4 is 5.32 Å². The summed E-state index contributed by atoms with van der Waals surface area (Å²) in [7, 11) is 0. The Hall–Kier alpha value is -1.62. The molecule has 0 spiro atoms. The van der Waals surface area contributed by atoms with Gasteiger partial charge < -0.3 is 15.3 Å². The fourth-order valence-corrected chi connectivity index (χ4v) is 3.71. The molecule has 2 unspecified atom stereocenters. The maximum Gasteiger partial charge on any atom is 0.329 e. The van der Waals surface area contributed by atoms with Crippen molar-refractivity contribution in [1.29, 1.82) is 0 Å². The van der Waals surface area contributed by atoms with Crippen molar-refractivity contribution >= 4 is 11.7 Å². The van der Waals surface area contributed by atoms with Crippen molar-refractivity contribution < 1.29 is 14.3 Å². The lowest BCUT2D eigenvalue weighted by Gasteiger charge is -2.42. The van der Waals surface area contributed by atoms with E-state index in [0.29, 0.717) is 24.6 Å². The number of benzene rings is 1. The van der Waals surface area contributed by atoms with Crippen LogP contribution in [0.5, 0.6) is 0 Å². The Bertz CT molecular complexity index is 543. The smallest absolute Gasteiger partial charge is 0.329 e. The highest BCUT2D eigenvalue weighted by molar-refractivity contribution is 5.83. The van der Waals surface area contributed by atoms with Gasteiger partial charge in [-0.2, -0.15) is 0 Å². The second kappa shape index (κ2) is 5.30. The van der Waals surface area contributed by atoms with Crippen LogP contribution in [0.2, 0.25) is 0 Å². The lowest BCUT2D eigenvalue weighted by Crippen LogP contribution is -2.56. The molecule has 2 N–H and O–H groups in total. The average Bonchev–Trinajstić information content (AvgIpc) is 2.84. The highest BCUT2D eigenvalue weighted by atomic mass is 19.1. The van der Waals surface area contributed by atoms with Crippen LogP contribution in [0.1, 0.15) is 31.2 Å². The third kappa shape index (κ3) is 2.75. The third-order valence-corrected chi connectivity index (χ3v) is 4.74. The third-order valence-electron chi connectivity index (χ3n) is 4.74. The van der Waals surface area contributed by atoms with Gasteiger partial charge >= 0.3 is 5.97 Å². The number of rotatable bonds is 3. The summed E-state index contributed by atoms with van der Waals surface area (Å²) in [5.74, 6) is -1.17. The lowest BCUT2D eigenvalue weighted by molar-refractivity contribution is -0.144. The minimum atomic E-state index is -0.980. The zero-order valence-electron chi connectivity index (χ0n) is 12.2. The summed E-state index contributed by atoms with van der Waals surface area (Å²) in [6, 6.07) is 4.95. The van der Waals surface area contributed by atoms with Gasteiger partial charge in [-0.25, -0.2) is 9.18 Å². The molecular formula is C16H21FN2O2. The summed E-state index contributed by atoms with van der Waals surface area (Å²) in [5, 5.41) is 12.9. The Morgan fingerprint density at radius 2 is 2.24 bits per heavy atom. The van der Waals surface area contributed by atoms with Crippen LogP contribution in [0, 0.1) is 12.7 Å². The van der Waals surface area contributed by atoms with E-state index in [-0.39, 0.29) is 5.82 Å². The largest absolute Gasteiger partial charge is 0.480 e. The van der Waals surface area contributed by atoms with Crippen LogP contribution in [0.15, 0.2) is 18.2 Å². The van der Waals surface area contributed by atoms with Gasteiger partial charge in [0.05, 0.1) is 0 Å². The number of carboxylic acid groups (broad SMARTS) is 1. The molecule has 3 rings (SSSR count). The number of anilines is 1. The number of fused-ring (bicyclic) bond motifs is 1. The van der Waals surface area contributed by atoms with E-state index in [9.17, 15) is 14.3 Å². The van der Waals surface area contributed by atoms with Gasteiger partial charge in [0.25, 0.3) is 0 Å². The first-order valence-corrected chi connectivity index (χ1v) is 7.51. The number of carboxylic acids is 1. The first-order valence-electron chi connectivity index (χ1n) is 7.51. The number of nitrogens with zero attached hydrogens (tertiary/aromatic N) is 1. The van der Waals surface area contributed by atoms with Crippen molar-refractivity contribution in [3.05, 3.63) is 29.6 Å². The highest BCUT2D eigenvalue weighted by Crippen LogP contribution is 2.36. The van der Waals surface area contributed by atoms with Crippen LogP contribution in [-0.2, 0) is 4.79 Å². The molecule has 1 aromatic carbocycles. The van der Waals surface area contributed by atoms with E-state index in [1.807, 2.05) is 0 Å². The fraction of sp³-hybridized carbons (Fsp3) is 0.562. The topological polar surface area (TPSA) is 52.6 Å². The first-order chi connectivity index (χ1) is 9.98. The Morgan fingerprint density at radius 1 is 1.43 bits per heavy atom. The maximum absolute atomic E-state index is 13.5. The molecule has 2 fully saturated rings. The molecule has 4 nitrogen and oxygen atoms in total. The van der Waals surface area contributed by atoms with Crippen molar-refractivity contribution in [3.63, 3.8) is 0 Å². The molecule has 2 saturated heterocycles. The van der Waals surface area contributed by atoms with Crippen molar-refractivity contribution in [2.24, 2.45) is 0 Å². The summed E-state index contributed by atoms with van der Waals surface area (Å²) in [5.41, 5.74) is 0.365. The summed E-state index contributed by atoms with van der Waals surface area (Å²) in [6.07, 6.45) is 3.32. The average molecular weight is 292 g/mol. The highest BCUT2D eigenvalue weighted by Gasteiger charge is 2.46. The number of hydrogen-bond acceptors (Lipinski definition) is 3. The van der Waals surface area contributed by atoms with E-state index in [1.54, 1.807) is 13.0 Å². The second-order valence-corrected chi connectivity index (χ2v) is 6.32. The first kappa shape index (κ1) is 14.3. The van der Waals surface area contributed by atoms with E-state index in [2.05, 4.69) is 10.2 Å². The molecule has 2 aliphatic rings. The van der Waals surface area contributed by atoms with E-state index in [0.717, 1.165) is 31.5 Å². The minimum Gasteiger partial charge on any atom is -0.480 e. The van der Waals surface area contributed by atoms with E-state index in [1.165, 1.54) is 12.1 Å². The second-order valence-electron chi connectivity index (χ2n) is 6.32. The number of piperidine rings is 1. The van der Waals surface area contributed by atoms with Gasteiger partial charge in [0.1, 0.15) is 11.4 Å². The number of hydrogen-bond donors (Lipinski definition) is 2. The van der Waals surface area contributed by atoms with Crippen LogP contribution in [0.25, 0.3) is 0 Å². The number of carbonyl (C=O) groups is 1. The van der Waals surface area contributed by atoms with Crippen LogP contribution in [0.3, 0.4) is 0 Å². The van der Waals surface area contributed by atoms with Crippen LogP contribution in [-0.4, -0.2) is 40.6 Å². The van der Waals surface area contributed by atoms with E-state index < -0.39 is 11.5 Å². The van der Waals surface area contributed by atoms with Crippen LogP contribution in [0.4, 0.5) is 10.1 Å². The minimum absolute atomic E-state index is 0.331. The summed E-state index contributed by atoms with van der Waals surface area (Å²) in [4.78, 5) is 14.2. The molecule has 21 heavy (non-hydrogen) atoms. The monoisotopic (exact) mass is 292 g/mol. The molecule has 5 heteroatoms. The van der Waals surface area contributed by atoms with E-state index in [4.69, 9.17) is 0 Å². The molecule has 2 heterocycles. The molecule has 0 aliphatic carbocycles. The summed E-state index contributed by atoms with van der Waals surface area (Å²) < 4.78 is 13.5. The number of aryl methyl sites for hydroxylation is 1. The molecule has 2 atom stereocenters. The molecule has 0 bridgehead atoms. The molecule has 0 radical (unpaired) electrons. The number of nitrogens with one attached hydrogen (secondary N) is 1. The predicted octanol–water partition coefficient (Wildman–Crippen LogP) is 2.63. The van der Waals surface area contributed by atoms with Gasteiger partial charge in [-0.3, -0.25) is 0 Å². The molecular weight excluding hydrogens is 271 g/mol. The van der Waals surface area contributed by atoms with Gasteiger partial charge in [-0.15, -0.1) is 0 Å². The fourth-order valence-electron chi connectivity index (χ4n) is 3.71. The lowest BCUT2D eigenvalue weighted by atomic mass is 9.83. The Morgan fingerprint density at radius 3 is 2.95 bits per heavy atom. The number of halogens is 1. The SMILES string of the molecule is Cc1cc(F)cc(NC2(C(=O)O)CCN3CCCC3C2)c1. The molecule has 0 saturated carbocycles. The van der Waals surface area contributed by atoms with Gasteiger partial charge in [-0.1, -0.05) is 0 Å². The van der Waals surface area contributed by atoms with Gasteiger partial charge in [0.15, 0.2) is 0 Å². The molecule has 114 valence electrons. The quantitative estimate of drug-likeness (QED) is 0.899.